The molecule has 30 heavy (non-hydrogen) atoms. The van der Waals surface area contributed by atoms with Gasteiger partial charge in [0, 0.05) is 16.3 Å². The van der Waals surface area contributed by atoms with Crippen molar-refractivity contribution < 1.29 is 13.9 Å². The smallest absolute Gasteiger partial charge is 0.262 e. The standard InChI is InChI=1S/C24H21ClN2O3/c1-15(2)16-6-9-20(10-7-16)29-14-23(28)26-19-5-3-4-17(12-19)24-27-21-13-18(25)8-11-22(21)30-24/h3-13,15H,14H2,1-2H3,(H,26,28). The van der Waals surface area contributed by atoms with Crippen LogP contribution in [0.4, 0.5) is 5.69 Å². The van der Waals surface area contributed by atoms with Gasteiger partial charge in [-0.2, -0.15) is 0 Å². The quantitative estimate of drug-likeness (QED) is 0.398. The molecule has 0 fully saturated rings. The van der Waals surface area contributed by atoms with Gasteiger partial charge in [-0.1, -0.05) is 43.6 Å². The number of hydrogen-bond donors (Lipinski definition) is 1. The molecule has 0 aliphatic carbocycles. The van der Waals surface area contributed by atoms with Gasteiger partial charge in [-0.3, -0.25) is 4.79 Å². The Hall–Kier alpha value is -3.31. The highest BCUT2D eigenvalue weighted by Gasteiger charge is 2.11. The Bertz CT molecular complexity index is 1180. The Balaban J connectivity index is 1.41. The molecule has 1 aromatic heterocycles. The molecule has 4 rings (SSSR count). The number of nitrogens with zero attached hydrogens (tertiary/aromatic N) is 1. The van der Waals surface area contributed by atoms with E-state index < -0.39 is 0 Å². The van der Waals surface area contributed by atoms with Crippen LogP contribution in [0.1, 0.15) is 25.3 Å². The van der Waals surface area contributed by atoms with Crippen molar-refractivity contribution >= 4 is 34.3 Å². The zero-order valence-electron chi connectivity index (χ0n) is 16.7. The van der Waals surface area contributed by atoms with Gasteiger partial charge in [0.25, 0.3) is 5.91 Å². The van der Waals surface area contributed by atoms with Gasteiger partial charge in [-0.15, -0.1) is 0 Å². The first-order chi connectivity index (χ1) is 14.5. The zero-order valence-corrected chi connectivity index (χ0v) is 17.4. The maximum absolute atomic E-state index is 12.3. The average molecular weight is 421 g/mol. The lowest BCUT2D eigenvalue weighted by Crippen LogP contribution is -2.20. The van der Waals surface area contributed by atoms with E-state index in [1.54, 1.807) is 24.3 Å². The van der Waals surface area contributed by atoms with Crippen LogP contribution in [0, 0.1) is 0 Å². The molecule has 1 amide bonds. The fraction of sp³-hybridized carbons (Fsp3) is 0.167. The molecule has 0 aliphatic heterocycles. The first kappa shape index (κ1) is 20.0. The molecule has 6 heteroatoms. The third kappa shape index (κ3) is 4.63. The lowest BCUT2D eigenvalue weighted by molar-refractivity contribution is -0.118. The van der Waals surface area contributed by atoms with Crippen LogP contribution >= 0.6 is 11.6 Å². The molecule has 0 radical (unpaired) electrons. The van der Waals surface area contributed by atoms with Crippen LogP contribution in [0.25, 0.3) is 22.6 Å². The number of benzene rings is 3. The fourth-order valence-corrected chi connectivity index (χ4v) is 3.22. The second-order valence-electron chi connectivity index (χ2n) is 7.27. The SMILES string of the molecule is CC(C)c1ccc(OCC(=O)Nc2cccc(-c3nc4cc(Cl)ccc4o3)c2)cc1. The minimum absolute atomic E-state index is 0.0767. The molecular weight excluding hydrogens is 400 g/mol. The van der Waals surface area contributed by atoms with Gasteiger partial charge in [0.05, 0.1) is 0 Å². The maximum atomic E-state index is 12.3. The van der Waals surface area contributed by atoms with Crippen molar-refractivity contribution in [1.82, 2.24) is 4.98 Å². The molecule has 0 unspecified atom stereocenters. The molecule has 0 saturated heterocycles. The number of carbonyl (C=O) groups excluding carboxylic acids is 1. The number of aromatic nitrogens is 1. The summed E-state index contributed by atoms with van der Waals surface area (Å²) in [7, 11) is 0. The van der Waals surface area contributed by atoms with Gasteiger partial charge < -0.3 is 14.5 Å². The summed E-state index contributed by atoms with van der Waals surface area (Å²) in [6.45, 7) is 4.19. The lowest BCUT2D eigenvalue weighted by Gasteiger charge is -2.10. The summed E-state index contributed by atoms with van der Waals surface area (Å²) in [6.07, 6.45) is 0. The number of halogens is 1. The van der Waals surface area contributed by atoms with E-state index in [4.69, 9.17) is 20.8 Å². The number of rotatable bonds is 6. The monoisotopic (exact) mass is 420 g/mol. The molecule has 0 spiro atoms. The summed E-state index contributed by atoms with van der Waals surface area (Å²) in [6, 6.07) is 20.4. The Morgan fingerprint density at radius 2 is 1.90 bits per heavy atom. The highest BCUT2D eigenvalue weighted by Crippen LogP contribution is 2.27. The summed E-state index contributed by atoms with van der Waals surface area (Å²) < 4.78 is 11.4. The number of oxazole rings is 1. The number of nitrogens with one attached hydrogen (secondary N) is 1. The number of amides is 1. The van der Waals surface area contributed by atoms with Gasteiger partial charge in [-0.25, -0.2) is 4.98 Å². The number of hydrogen-bond acceptors (Lipinski definition) is 4. The molecule has 5 nitrogen and oxygen atoms in total. The van der Waals surface area contributed by atoms with Crippen molar-refractivity contribution in [2.45, 2.75) is 19.8 Å². The number of fused-ring (bicyclic) bond motifs is 1. The van der Waals surface area contributed by atoms with Crippen molar-refractivity contribution in [2.24, 2.45) is 0 Å². The van der Waals surface area contributed by atoms with E-state index in [-0.39, 0.29) is 12.5 Å². The van der Waals surface area contributed by atoms with E-state index in [9.17, 15) is 4.79 Å². The topological polar surface area (TPSA) is 64.4 Å². The summed E-state index contributed by atoms with van der Waals surface area (Å²) in [5, 5.41) is 3.44. The van der Waals surface area contributed by atoms with Gasteiger partial charge in [0.15, 0.2) is 12.2 Å². The second kappa shape index (κ2) is 8.59. The first-order valence-corrected chi connectivity index (χ1v) is 10.0. The third-order valence-electron chi connectivity index (χ3n) is 4.66. The van der Waals surface area contributed by atoms with Crippen molar-refractivity contribution in [3.05, 3.63) is 77.3 Å². The van der Waals surface area contributed by atoms with Crippen LogP contribution < -0.4 is 10.1 Å². The molecule has 0 aliphatic rings. The molecule has 1 heterocycles. The van der Waals surface area contributed by atoms with Gasteiger partial charge in [0.2, 0.25) is 5.89 Å². The Labute approximate surface area is 179 Å². The Morgan fingerprint density at radius 1 is 1.10 bits per heavy atom. The first-order valence-electron chi connectivity index (χ1n) is 9.67. The van der Waals surface area contributed by atoms with Crippen molar-refractivity contribution in [1.29, 1.82) is 0 Å². The van der Waals surface area contributed by atoms with E-state index in [1.807, 2.05) is 42.5 Å². The lowest BCUT2D eigenvalue weighted by atomic mass is 10.0. The van der Waals surface area contributed by atoms with Crippen molar-refractivity contribution in [3.63, 3.8) is 0 Å². The van der Waals surface area contributed by atoms with Gasteiger partial charge >= 0.3 is 0 Å². The van der Waals surface area contributed by atoms with Crippen molar-refractivity contribution in [2.75, 3.05) is 11.9 Å². The minimum Gasteiger partial charge on any atom is -0.484 e. The molecule has 0 saturated carbocycles. The van der Waals surface area contributed by atoms with E-state index in [1.165, 1.54) is 5.56 Å². The van der Waals surface area contributed by atoms with Crippen LogP contribution in [0.5, 0.6) is 5.75 Å². The summed E-state index contributed by atoms with van der Waals surface area (Å²) in [5.74, 6) is 1.33. The largest absolute Gasteiger partial charge is 0.484 e. The molecule has 0 bridgehead atoms. The summed E-state index contributed by atoms with van der Waals surface area (Å²) >= 11 is 6.01. The Morgan fingerprint density at radius 3 is 2.67 bits per heavy atom. The maximum Gasteiger partial charge on any atom is 0.262 e. The normalized spacial score (nSPS) is 11.1. The molecule has 0 atom stereocenters. The molecule has 4 aromatic rings. The van der Waals surface area contributed by atoms with Crippen LogP contribution in [-0.2, 0) is 4.79 Å². The molecule has 1 N–H and O–H groups in total. The highest BCUT2D eigenvalue weighted by molar-refractivity contribution is 6.31. The van der Waals surface area contributed by atoms with Crippen molar-refractivity contribution in [3.8, 4) is 17.2 Å². The number of ether oxygens (including phenoxy) is 1. The summed E-state index contributed by atoms with van der Waals surface area (Å²) in [4.78, 5) is 16.8. The number of carbonyl (C=O) groups is 1. The third-order valence-corrected chi connectivity index (χ3v) is 4.89. The van der Waals surface area contributed by atoms with Crippen LogP contribution in [0.3, 0.4) is 0 Å². The van der Waals surface area contributed by atoms with E-state index in [0.717, 1.165) is 5.56 Å². The van der Waals surface area contributed by atoms with Crippen LogP contribution in [0.15, 0.2) is 71.1 Å². The average Bonchev–Trinajstić information content (AvgIpc) is 3.16. The summed E-state index contributed by atoms with van der Waals surface area (Å²) in [5.41, 5.74) is 3.96. The fourth-order valence-electron chi connectivity index (χ4n) is 3.05. The predicted octanol–water partition coefficient (Wildman–Crippen LogP) is 6.29. The molecular formula is C24H21ClN2O3. The van der Waals surface area contributed by atoms with Crippen LogP contribution in [0.2, 0.25) is 5.02 Å². The minimum atomic E-state index is -0.246. The molecule has 152 valence electrons. The predicted molar refractivity (Wildman–Crippen MR) is 119 cm³/mol. The van der Waals surface area contributed by atoms with E-state index in [0.29, 0.717) is 39.4 Å². The highest BCUT2D eigenvalue weighted by atomic mass is 35.5. The number of anilines is 1. The van der Waals surface area contributed by atoms with Gasteiger partial charge in [0.1, 0.15) is 11.3 Å². The van der Waals surface area contributed by atoms with Crippen LogP contribution in [-0.4, -0.2) is 17.5 Å². The second-order valence-corrected chi connectivity index (χ2v) is 7.71. The zero-order chi connectivity index (χ0) is 21.1. The molecule has 3 aromatic carbocycles. The van der Waals surface area contributed by atoms with E-state index in [2.05, 4.69) is 24.1 Å². The van der Waals surface area contributed by atoms with E-state index >= 15 is 0 Å². The van der Waals surface area contributed by atoms with Gasteiger partial charge in [-0.05, 0) is 60.0 Å². The Kier molecular flexibility index (Phi) is 5.72.